The Balaban J connectivity index is 3.28. The summed E-state index contributed by atoms with van der Waals surface area (Å²) in [4.78, 5) is 15.7. The molecule has 0 aliphatic heterocycles. The zero-order valence-electron chi connectivity index (χ0n) is 12.7. The summed E-state index contributed by atoms with van der Waals surface area (Å²) in [5.74, 6) is 0.785. The van der Waals surface area contributed by atoms with Crippen molar-refractivity contribution in [2.75, 3.05) is 7.11 Å². The number of para-hydroxylation sites is 1. The van der Waals surface area contributed by atoms with Gasteiger partial charge in [-0.3, -0.25) is 9.79 Å². The highest BCUT2D eigenvalue weighted by molar-refractivity contribution is 7.98. The molecule has 0 fully saturated rings. The van der Waals surface area contributed by atoms with E-state index in [2.05, 4.69) is 24.2 Å². The maximum atomic E-state index is 11.4. The van der Waals surface area contributed by atoms with E-state index in [0.29, 0.717) is 12.1 Å². The van der Waals surface area contributed by atoms with Gasteiger partial charge in [0.05, 0.1) is 12.8 Å². The van der Waals surface area contributed by atoms with Gasteiger partial charge >= 0.3 is 0 Å². The van der Waals surface area contributed by atoms with E-state index in [1.54, 1.807) is 19.4 Å². The van der Waals surface area contributed by atoms with Crippen molar-refractivity contribution in [1.82, 2.24) is 0 Å². The topological polar surface area (TPSA) is 38.7 Å². The number of carbonyl (C=O) groups is 1. The SMILES string of the molecule is C=C/C(=C\N=C(CCC)C(=O)S)c1cccc(C)c1OC. The molecule has 0 atom stereocenters. The van der Waals surface area contributed by atoms with Gasteiger partial charge in [0, 0.05) is 17.3 Å². The van der Waals surface area contributed by atoms with Crippen LogP contribution in [0.4, 0.5) is 0 Å². The Labute approximate surface area is 131 Å². The molecule has 0 saturated carbocycles. The molecule has 0 aromatic heterocycles. The molecule has 0 spiro atoms. The highest BCUT2D eigenvalue weighted by Crippen LogP contribution is 2.29. The van der Waals surface area contributed by atoms with E-state index in [-0.39, 0.29) is 5.12 Å². The van der Waals surface area contributed by atoms with Gasteiger partial charge in [-0.2, -0.15) is 0 Å². The average molecular weight is 303 g/mol. The number of nitrogens with zero attached hydrogens (tertiary/aromatic N) is 1. The van der Waals surface area contributed by atoms with E-state index in [9.17, 15) is 4.79 Å². The van der Waals surface area contributed by atoms with Gasteiger partial charge in [-0.25, -0.2) is 0 Å². The van der Waals surface area contributed by atoms with Gasteiger partial charge in [0.15, 0.2) is 0 Å². The molecule has 0 aliphatic rings. The molecule has 3 nitrogen and oxygen atoms in total. The van der Waals surface area contributed by atoms with Crippen LogP contribution in [0, 0.1) is 6.92 Å². The summed E-state index contributed by atoms with van der Waals surface area (Å²) in [6.45, 7) is 7.79. The molecule has 0 amide bonds. The van der Waals surface area contributed by atoms with E-state index < -0.39 is 0 Å². The fraction of sp³-hybridized carbons (Fsp3) is 0.294. The third-order valence-electron chi connectivity index (χ3n) is 3.04. The van der Waals surface area contributed by atoms with Crippen molar-refractivity contribution in [3.8, 4) is 5.75 Å². The van der Waals surface area contributed by atoms with Crippen molar-refractivity contribution < 1.29 is 9.53 Å². The Morgan fingerprint density at radius 1 is 1.48 bits per heavy atom. The third kappa shape index (κ3) is 4.60. The number of aryl methyl sites for hydroxylation is 1. The van der Waals surface area contributed by atoms with E-state index >= 15 is 0 Å². The minimum Gasteiger partial charge on any atom is -0.496 e. The van der Waals surface area contributed by atoms with Crippen molar-refractivity contribution >= 4 is 29.0 Å². The molecule has 1 aromatic rings. The molecule has 112 valence electrons. The smallest absolute Gasteiger partial charge is 0.230 e. The fourth-order valence-corrected chi connectivity index (χ4v) is 2.16. The number of carbonyl (C=O) groups excluding carboxylic acids is 1. The van der Waals surface area contributed by atoms with Gasteiger partial charge in [-0.1, -0.05) is 56.8 Å². The van der Waals surface area contributed by atoms with Crippen molar-refractivity contribution in [1.29, 1.82) is 0 Å². The first kappa shape index (κ1) is 17.2. The normalized spacial score (nSPS) is 12.2. The maximum Gasteiger partial charge on any atom is 0.230 e. The van der Waals surface area contributed by atoms with E-state index in [1.165, 1.54) is 0 Å². The number of benzene rings is 1. The summed E-state index contributed by atoms with van der Waals surface area (Å²) in [5, 5.41) is -0.298. The molecular weight excluding hydrogens is 282 g/mol. The quantitative estimate of drug-likeness (QED) is 0.465. The predicted molar refractivity (Wildman–Crippen MR) is 92.2 cm³/mol. The highest BCUT2D eigenvalue weighted by atomic mass is 32.1. The number of hydrogen-bond donors (Lipinski definition) is 1. The summed E-state index contributed by atoms with van der Waals surface area (Å²) in [6, 6.07) is 5.87. The average Bonchev–Trinajstić information content (AvgIpc) is 2.46. The minimum absolute atomic E-state index is 0.298. The lowest BCUT2D eigenvalue weighted by Gasteiger charge is -2.11. The Morgan fingerprint density at radius 2 is 2.19 bits per heavy atom. The second-order valence-corrected chi connectivity index (χ2v) is 4.98. The number of ether oxygens (including phenoxy) is 1. The van der Waals surface area contributed by atoms with E-state index in [1.807, 2.05) is 32.0 Å². The maximum absolute atomic E-state index is 11.4. The molecule has 0 bridgehead atoms. The molecule has 0 unspecified atom stereocenters. The molecule has 0 radical (unpaired) electrons. The van der Waals surface area contributed by atoms with Crippen LogP contribution in [0.5, 0.6) is 5.75 Å². The van der Waals surface area contributed by atoms with Gasteiger partial charge in [0.2, 0.25) is 5.12 Å². The van der Waals surface area contributed by atoms with Crippen molar-refractivity contribution in [3.05, 3.63) is 48.2 Å². The van der Waals surface area contributed by atoms with Crippen molar-refractivity contribution in [2.24, 2.45) is 4.99 Å². The van der Waals surface area contributed by atoms with E-state index in [4.69, 9.17) is 4.74 Å². The number of methoxy groups -OCH3 is 1. The molecule has 1 aromatic carbocycles. The molecule has 4 heteroatoms. The van der Waals surface area contributed by atoms with Gasteiger partial charge in [0.1, 0.15) is 5.75 Å². The van der Waals surface area contributed by atoms with Crippen LogP contribution in [0.1, 0.15) is 30.9 Å². The summed E-state index contributed by atoms with van der Waals surface area (Å²) >= 11 is 3.85. The molecular formula is C17H21NO2S. The second kappa shape index (κ2) is 8.47. The molecule has 21 heavy (non-hydrogen) atoms. The zero-order chi connectivity index (χ0) is 15.8. The third-order valence-corrected chi connectivity index (χ3v) is 3.30. The summed E-state index contributed by atoms with van der Waals surface area (Å²) in [5.41, 5.74) is 3.19. The Hall–Kier alpha value is -1.81. The van der Waals surface area contributed by atoms with Gasteiger partial charge < -0.3 is 4.74 Å². The highest BCUT2D eigenvalue weighted by Gasteiger charge is 2.09. The number of hydrogen-bond acceptors (Lipinski definition) is 3. The Morgan fingerprint density at radius 3 is 2.71 bits per heavy atom. The van der Waals surface area contributed by atoms with Crippen LogP contribution in [-0.4, -0.2) is 17.9 Å². The standard InChI is InChI=1S/C17H21NO2S/c1-5-8-15(17(19)21)18-11-13(6-2)14-10-7-9-12(3)16(14)20-4/h6-7,9-11H,2,5,8H2,1,3-4H3,(H,19,21)/b13-11+,18-15?. The van der Waals surface area contributed by atoms with Crippen LogP contribution in [0.2, 0.25) is 0 Å². The van der Waals surface area contributed by atoms with E-state index in [0.717, 1.165) is 28.9 Å². The van der Waals surface area contributed by atoms with Crippen LogP contribution in [0.15, 0.2) is 42.0 Å². The van der Waals surface area contributed by atoms with Gasteiger partial charge in [-0.15, -0.1) is 0 Å². The Bertz CT molecular complexity index is 588. The molecule has 0 saturated heterocycles. The first-order valence-electron chi connectivity index (χ1n) is 6.81. The molecule has 0 N–H and O–H groups in total. The largest absolute Gasteiger partial charge is 0.496 e. The number of rotatable bonds is 7. The fourth-order valence-electron chi connectivity index (χ4n) is 1.99. The number of aliphatic imine (C=N–C) groups is 1. The second-order valence-electron chi connectivity index (χ2n) is 4.58. The van der Waals surface area contributed by atoms with Crippen LogP contribution in [-0.2, 0) is 4.79 Å². The van der Waals surface area contributed by atoms with Crippen molar-refractivity contribution in [3.63, 3.8) is 0 Å². The summed E-state index contributed by atoms with van der Waals surface area (Å²) in [6.07, 6.45) is 4.79. The summed E-state index contributed by atoms with van der Waals surface area (Å²) in [7, 11) is 1.63. The number of thiol groups is 1. The van der Waals surface area contributed by atoms with Crippen LogP contribution < -0.4 is 4.74 Å². The minimum atomic E-state index is -0.298. The van der Waals surface area contributed by atoms with Crippen LogP contribution in [0.25, 0.3) is 5.57 Å². The monoisotopic (exact) mass is 303 g/mol. The zero-order valence-corrected chi connectivity index (χ0v) is 13.6. The first-order chi connectivity index (χ1) is 10.0. The number of allylic oxidation sites excluding steroid dienone is 2. The lowest BCUT2D eigenvalue weighted by atomic mass is 10.0. The summed E-state index contributed by atoms with van der Waals surface area (Å²) < 4.78 is 5.44. The first-order valence-corrected chi connectivity index (χ1v) is 7.26. The molecule has 0 heterocycles. The van der Waals surface area contributed by atoms with Crippen molar-refractivity contribution in [2.45, 2.75) is 26.7 Å². The van der Waals surface area contributed by atoms with Crippen LogP contribution in [0.3, 0.4) is 0 Å². The lowest BCUT2D eigenvalue weighted by molar-refractivity contribution is -0.105. The molecule has 0 aliphatic carbocycles. The Kier molecular flexibility index (Phi) is 6.96. The lowest BCUT2D eigenvalue weighted by Crippen LogP contribution is -2.06. The predicted octanol–water partition coefficient (Wildman–Crippen LogP) is 4.23. The van der Waals surface area contributed by atoms with Gasteiger partial charge in [-0.05, 0) is 18.9 Å². The van der Waals surface area contributed by atoms with Gasteiger partial charge in [0.25, 0.3) is 0 Å². The molecule has 1 rings (SSSR count). The van der Waals surface area contributed by atoms with Crippen LogP contribution >= 0.6 is 12.6 Å².